The van der Waals surface area contributed by atoms with Crippen LogP contribution in [-0.4, -0.2) is 44.5 Å². The molecule has 1 saturated heterocycles. The number of aliphatic hydroxyl groups excluding tert-OH is 1. The molecule has 0 amide bonds. The molecule has 0 atom stereocenters. The normalized spacial score (nSPS) is 15.4. The summed E-state index contributed by atoms with van der Waals surface area (Å²) in [6, 6.07) is 10.5. The number of hydrogen-bond donors (Lipinski definition) is 1. The van der Waals surface area contributed by atoms with Crippen molar-refractivity contribution in [1.82, 2.24) is 19.7 Å². The Hall–Kier alpha value is -2.70. The Morgan fingerprint density at radius 1 is 1.13 bits per heavy atom. The molecule has 6 heteroatoms. The van der Waals surface area contributed by atoms with Gasteiger partial charge in [-0.15, -0.1) is 0 Å². The largest absolute Gasteiger partial charge is 0.494 e. The van der Waals surface area contributed by atoms with Crippen molar-refractivity contribution in [2.24, 2.45) is 7.05 Å². The van der Waals surface area contributed by atoms with Crippen LogP contribution in [0.1, 0.15) is 48.2 Å². The Balaban J connectivity index is 1.40. The van der Waals surface area contributed by atoms with Crippen molar-refractivity contribution >= 4 is 0 Å². The van der Waals surface area contributed by atoms with Gasteiger partial charge >= 0.3 is 0 Å². The smallest absolute Gasteiger partial charge is 0.124 e. The molecule has 1 aliphatic heterocycles. The minimum Gasteiger partial charge on any atom is -0.494 e. The van der Waals surface area contributed by atoms with Crippen LogP contribution in [0.25, 0.3) is 11.1 Å². The van der Waals surface area contributed by atoms with E-state index in [4.69, 9.17) is 9.72 Å². The molecule has 0 saturated carbocycles. The van der Waals surface area contributed by atoms with Gasteiger partial charge in [0.05, 0.1) is 19.4 Å². The van der Waals surface area contributed by atoms with Gasteiger partial charge < -0.3 is 9.84 Å². The van der Waals surface area contributed by atoms with Gasteiger partial charge in [0.2, 0.25) is 0 Å². The maximum absolute atomic E-state index is 9.66. The second-order valence-corrected chi connectivity index (χ2v) is 8.41. The predicted octanol–water partition coefficient (Wildman–Crippen LogP) is 4.06. The minimum atomic E-state index is 0.00351. The number of piperidine rings is 1. The van der Waals surface area contributed by atoms with Gasteiger partial charge in [-0.1, -0.05) is 6.07 Å². The zero-order chi connectivity index (χ0) is 21.8. The lowest BCUT2D eigenvalue weighted by molar-refractivity contribution is 0.203. The van der Waals surface area contributed by atoms with Crippen LogP contribution in [-0.2, 0) is 20.2 Å². The van der Waals surface area contributed by atoms with Gasteiger partial charge in [-0.05, 0) is 75.2 Å². The molecule has 3 aromatic rings. The Labute approximate surface area is 184 Å². The standard InChI is InChI=1S/C25H32N4O2/c1-4-31-25-6-5-19(12-22(25)17-30)15-29-9-7-20(8-10-29)24-13-21(11-18(2)27-24)23-14-26-28(3)16-23/h5-6,11-14,16,20,30H,4,7-10,15,17H2,1-3H3. The molecule has 0 bridgehead atoms. The summed E-state index contributed by atoms with van der Waals surface area (Å²) >= 11 is 0. The number of aromatic nitrogens is 3. The molecule has 0 radical (unpaired) electrons. The predicted molar refractivity (Wildman–Crippen MR) is 122 cm³/mol. The second kappa shape index (κ2) is 9.62. The molecule has 2 aromatic heterocycles. The Morgan fingerprint density at radius 3 is 2.61 bits per heavy atom. The van der Waals surface area contributed by atoms with E-state index in [1.54, 1.807) is 0 Å². The summed E-state index contributed by atoms with van der Waals surface area (Å²) in [5.74, 6) is 1.27. The molecule has 0 unspecified atom stereocenters. The summed E-state index contributed by atoms with van der Waals surface area (Å²) in [4.78, 5) is 7.35. The Bertz CT molecular complexity index is 1020. The van der Waals surface area contributed by atoms with E-state index in [9.17, 15) is 5.11 Å². The fourth-order valence-corrected chi connectivity index (χ4v) is 4.44. The number of benzene rings is 1. The van der Waals surface area contributed by atoms with Gasteiger partial charge in [-0.3, -0.25) is 14.6 Å². The summed E-state index contributed by atoms with van der Waals surface area (Å²) in [5, 5.41) is 14.0. The highest BCUT2D eigenvalue weighted by Crippen LogP contribution is 2.31. The van der Waals surface area contributed by atoms with Crippen LogP contribution in [0.3, 0.4) is 0 Å². The monoisotopic (exact) mass is 420 g/mol. The lowest BCUT2D eigenvalue weighted by Gasteiger charge is -2.32. The van der Waals surface area contributed by atoms with Crippen LogP contribution < -0.4 is 4.74 Å². The Morgan fingerprint density at radius 2 is 1.94 bits per heavy atom. The molecule has 1 N–H and O–H groups in total. The van der Waals surface area contributed by atoms with Crippen LogP contribution in [0, 0.1) is 6.92 Å². The first-order valence-corrected chi connectivity index (χ1v) is 11.1. The van der Waals surface area contributed by atoms with E-state index in [2.05, 4.69) is 47.4 Å². The molecule has 3 heterocycles. The minimum absolute atomic E-state index is 0.00351. The highest BCUT2D eigenvalue weighted by atomic mass is 16.5. The highest BCUT2D eigenvalue weighted by molar-refractivity contribution is 5.62. The fraction of sp³-hybridized carbons (Fsp3) is 0.440. The zero-order valence-corrected chi connectivity index (χ0v) is 18.7. The van der Waals surface area contributed by atoms with E-state index in [1.165, 1.54) is 16.8 Å². The maximum Gasteiger partial charge on any atom is 0.124 e. The van der Waals surface area contributed by atoms with Crippen molar-refractivity contribution in [2.75, 3.05) is 19.7 Å². The number of pyridine rings is 1. The van der Waals surface area contributed by atoms with Gasteiger partial charge in [0.25, 0.3) is 0 Å². The van der Waals surface area contributed by atoms with Gasteiger partial charge in [-0.2, -0.15) is 5.10 Å². The molecular weight excluding hydrogens is 388 g/mol. The van der Waals surface area contributed by atoms with Gasteiger partial charge in [0.15, 0.2) is 0 Å². The van der Waals surface area contributed by atoms with E-state index in [0.717, 1.165) is 55.0 Å². The van der Waals surface area contributed by atoms with Crippen LogP contribution in [0.2, 0.25) is 0 Å². The highest BCUT2D eigenvalue weighted by Gasteiger charge is 2.23. The van der Waals surface area contributed by atoms with E-state index in [-0.39, 0.29) is 6.61 Å². The summed E-state index contributed by atoms with van der Waals surface area (Å²) in [7, 11) is 1.95. The van der Waals surface area contributed by atoms with Crippen molar-refractivity contribution in [3.05, 3.63) is 65.2 Å². The SMILES string of the molecule is CCOc1ccc(CN2CCC(c3cc(-c4cnn(C)c4)cc(C)n3)CC2)cc1CO. The van der Waals surface area contributed by atoms with Gasteiger partial charge in [0.1, 0.15) is 5.75 Å². The zero-order valence-electron chi connectivity index (χ0n) is 18.7. The average molecular weight is 421 g/mol. The van der Waals surface area contributed by atoms with Crippen molar-refractivity contribution in [3.8, 4) is 16.9 Å². The van der Waals surface area contributed by atoms with Crippen LogP contribution in [0.15, 0.2) is 42.7 Å². The van der Waals surface area contributed by atoms with E-state index in [1.807, 2.05) is 30.9 Å². The third-order valence-electron chi connectivity index (χ3n) is 6.02. The van der Waals surface area contributed by atoms with Crippen molar-refractivity contribution < 1.29 is 9.84 Å². The first-order valence-electron chi connectivity index (χ1n) is 11.1. The number of ether oxygens (including phenoxy) is 1. The molecule has 0 spiro atoms. The van der Waals surface area contributed by atoms with E-state index < -0.39 is 0 Å². The summed E-state index contributed by atoms with van der Waals surface area (Å²) in [5.41, 5.74) is 6.68. The number of hydrogen-bond acceptors (Lipinski definition) is 5. The first kappa shape index (κ1) is 21.5. The number of likely N-dealkylation sites (tertiary alicyclic amines) is 1. The van der Waals surface area contributed by atoms with Gasteiger partial charge in [-0.25, -0.2) is 0 Å². The van der Waals surface area contributed by atoms with Crippen molar-refractivity contribution in [1.29, 1.82) is 0 Å². The quantitative estimate of drug-likeness (QED) is 0.624. The molecule has 4 rings (SSSR count). The number of aryl methyl sites for hydroxylation is 2. The third-order valence-corrected chi connectivity index (χ3v) is 6.02. The molecular formula is C25H32N4O2. The van der Waals surface area contributed by atoms with Crippen LogP contribution in [0.4, 0.5) is 0 Å². The van der Waals surface area contributed by atoms with Crippen LogP contribution in [0.5, 0.6) is 5.75 Å². The first-order chi connectivity index (χ1) is 15.1. The lowest BCUT2D eigenvalue weighted by Crippen LogP contribution is -2.32. The van der Waals surface area contributed by atoms with Crippen molar-refractivity contribution in [2.45, 2.75) is 45.8 Å². The van der Waals surface area contributed by atoms with E-state index >= 15 is 0 Å². The summed E-state index contributed by atoms with van der Waals surface area (Å²) in [6.07, 6.45) is 6.18. The summed E-state index contributed by atoms with van der Waals surface area (Å²) < 4.78 is 7.44. The Kier molecular flexibility index (Phi) is 6.68. The topological polar surface area (TPSA) is 63.4 Å². The lowest BCUT2D eigenvalue weighted by atomic mass is 9.91. The van der Waals surface area contributed by atoms with Crippen LogP contribution >= 0.6 is 0 Å². The number of nitrogens with zero attached hydrogens (tertiary/aromatic N) is 4. The maximum atomic E-state index is 9.66. The second-order valence-electron chi connectivity index (χ2n) is 8.41. The summed E-state index contributed by atoms with van der Waals surface area (Å²) in [6.45, 7) is 7.63. The number of rotatable bonds is 7. The molecule has 1 aromatic carbocycles. The molecule has 31 heavy (non-hydrogen) atoms. The molecule has 1 fully saturated rings. The molecule has 0 aliphatic carbocycles. The van der Waals surface area contributed by atoms with Gasteiger partial charge in [0, 0.05) is 48.2 Å². The molecule has 6 nitrogen and oxygen atoms in total. The number of aliphatic hydroxyl groups is 1. The van der Waals surface area contributed by atoms with E-state index in [0.29, 0.717) is 12.5 Å². The molecule has 164 valence electrons. The molecule has 1 aliphatic rings. The average Bonchev–Trinajstić information content (AvgIpc) is 3.21. The third kappa shape index (κ3) is 5.14. The fourth-order valence-electron chi connectivity index (χ4n) is 4.44. The van der Waals surface area contributed by atoms with Crippen molar-refractivity contribution in [3.63, 3.8) is 0 Å².